The second-order valence-corrected chi connectivity index (χ2v) is 6.62. The summed E-state index contributed by atoms with van der Waals surface area (Å²) in [6, 6.07) is 27.4. The van der Waals surface area contributed by atoms with Gasteiger partial charge in [-0.05, 0) is 78.8 Å². The van der Waals surface area contributed by atoms with Crippen molar-refractivity contribution in [2.24, 2.45) is 0 Å². The van der Waals surface area contributed by atoms with Gasteiger partial charge in [-0.1, -0.05) is 54.5 Å². The van der Waals surface area contributed by atoms with Gasteiger partial charge < -0.3 is 4.90 Å². The Bertz CT molecular complexity index is 1160. The van der Waals surface area contributed by atoms with Crippen molar-refractivity contribution in [3.8, 4) is 23.0 Å². The molecule has 0 unspecified atom stereocenters. The van der Waals surface area contributed by atoms with Crippen molar-refractivity contribution >= 4 is 11.4 Å². The predicted molar refractivity (Wildman–Crippen MR) is 123 cm³/mol. The fraction of sp³-hybridized carbons (Fsp3) is 0.0357. The summed E-state index contributed by atoms with van der Waals surface area (Å²) < 4.78 is 0. The number of nitrogens with zero attached hydrogens (tertiary/aromatic N) is 1. The summed E-state index contributed by atoms with van der Waals surface area (Å²) in [4.78, 5) is 2.25. The third-order valence-corrected chi connectivity index (χ3v) is 4.70. The van der Waals surface area contributed by atoms with Gasteiger partial charge in [-0.2, -0.15) is 0 Å². The molecule has 4 rings (SSSR count). The third-order valence-electron chi connectivity index (χ3n) is 4.70. The SMILES string of the molecule is CC#Cc1ccc(-c2ccc(N(C3=CC=C=CC=C3)c3ccccc3)cc2)cc1. The summed E-state index contributed by atoms with van der Waals surface area (Å²) in [7, 11) is 0. The normalized spacial score (nSPS) is 12.0. The molecule has 0 spiro atoms. The standard InChI is InChI=1S/C28H21N/c1-2-10-23-15-17-24(18-16-23)25-19-21-28(22-20-25)29(27-13-8-5-9-14-27)26-11-6-3-4-7-12-26/h3,5-9,11-22H,1H3. The molecule has 1 aliphatic carbocycles. The van der Waals surface area contributed by atoms with Crippen molar-refractivity contribution in [1.82, 2.24) is 0 Å². The van der Waals surface area contributed by atoms with Gasteiger partial charge in [0.2, 0.25) is 0 Å². The van der Waals surface area contributed by atoms with Crippen LogP contribution >= 0.6 is 0 Å². The van der Waals surface area contributed by atoms with Gasteiger partial charge in [0.1, 0.15) is 0 Å². The Morgan fingerprint density at radius 1 is 0.724 bits per heavy atom. The van der Waals surface area contributed by atoms with Gasteiger partial charge in [-0.3, -0.25) is 0 Å². The van der Waals surface area contributed by atoms with E-state index in [4.69, 9.17) is 0 Å². The Morgan fingerprint density at radius 3 is 2.07 bits per heavy atom. The Hall–Kier alpha value is -3.98. The quantitative estimate of drug-likeness (QED) is 0.351. The van der Waals surface area contributed by atoms with Gasteiger partial charge in [0, 0.05) is 22.6 Å². The third kappa shape index (κ3) is 4.30. The van der Waals surface area contributed by atoms with E-state index in [-0.39, 0.29) is 0 Å². The molecular weight excluding hydrogens is 350 g/mol. The molecule has 3 aromatic rings. The van der Waals surface area contributed by atoms with Crippen molar-refractivity contribution in [2.75, 3.05) is 4.90 Å². The number of para-hydroxylation sites is 1. The van der Waals surface area contributed by atoms with Crippen LogP contribution in [0.2, 0.25) is 0 Å². The molecule has 0 bridgehead atoms. The van der Waals surface area contributed by atoms with Crippen LogP contribution in [0.5, 0.6) is 0 Å². The Morgan fingerprint density at radius 2 is 1.38 bits per heavy atom. The first kappa shape index (κ1) is 18.4. The minimum Gasteiger partial charge on any atom is -0.310 e. The van der Waals surface area contributed by atoms with Gasteiger partial charge in [0.15, 0.2) is 0 Å². The lowest BCUT2D eigenvalue weighted by molar-refractivity contribution is 1.21. The van der Waals surface area contributed by atoms with Crippen molar-refractivity contribution in [3.05, 3.63) is 126 Å². The number of hydrogen-bond acceptors (Lipinski definition) is 1. The highest BCUT2D eigenvalue weighted by molar-refractivity contribution is 5.74. The molecule has 0 N–H and O–H groups in total. The fourth-order valence-corrected chi connectivity index (χ4v) is 3.31. The molecule has 0 saturated heterocycles. The van der Waals surface area contributed by atoms with Crippen LogP contribution in [-0.2, 0) is 0 Å². The topological polar surface area (TPSA) is 3.24 Å². The van der Waals surface area contributed by atoms with Crippen molar-refractivity contribution in [3.63, 3.8) is 0 Å². The maximum atomic E-state index is 3.13. The summed E-state index contributed by atoms with van der Waals surface area (Å²) in [6.45, 7) is 1.86. The molecule has 29 heavy (non-hydrogen) atoms. The summed E-state index contributed by atoms with van der Waals surface area (Å²) in [6.07, 6.45) is 10.1. The first-order chi connectivity index (χ1) is 14.3. The van der Waals surface area contributed by atoms with Crippen LogP contribution in [0.25, 0.3) is 11.1 Å². The van der Waals surface area contributed by atoms with E-state index < -0.39 is 0 Å². The highest BCUT2D eigenvalue weighted by atomic mass is 15.1. The van der Waals surface area contributed by atoms with Gasteiger partial charge in [-0.15, -0.1) is 11.7 Å². The molecule has 0 atom stereocenters. The highest BCUT2D eigenvalue weighted by Gasteiger charge is 2.13. The highest BCUT2D eigenvalue weighted by Crippen LogP contribution is 2.32. The van der Waals surface area contributed by atoms with Crippen LogP contribution < -0.4 is 4.90 Å². The average Bonchev–Trinajstić information content (AvgIpc) is 3.06. The predicted octanol–water partition coefficient (Wildman–Crippen LogP) is 7.03. The number of anilines is 2. The molecule has 1 aliphatic rings. The van der Waals surface area contributed by atoms with Crippen molar-refractivity contribution in [2.45, 2.75) is 6.92 Å². The molecule has 3 aromatic carbocycles. The lowest BCUT2D eigenvalue weighted by Gasteiger charge is -2.26. The first-order valence-electron chi connectivity index (χ1n) is 9.63. The summed E-state index contributed by atoms with van der Waals surface area (Å²) in [5.74, 6) is 6.03. The summed E-state index contributed by atoms with van der Waals surface area (Å²) >= 11 is 0. The maximum Gasteiger partial charge on any atom is 0.0467 e. The Labute approximate surface area is 172 Å². The molecule has 0 radical (unpaired) electrons. The molecular formula is C28H21N. The van der Waals surface area contributed by atoms with E-state index in [1.807, 2.05) is 31.2 Å². The average molecular weight is 371 g/mol. The van der Waals surface area contributed by atoms with Crippen LogP contribution in [0, 0.1) is 11.8 Å². The van der Waals surface area contributed by atoms with E-state index in [0.29, 0.717) is 0 Å². The fourth-order valence-electron chi connectivity index (χ4n) is 3.31. The van der Waals surface area contributed by atoms with Crippen molar-refractivity contribution < 1.29 is 0 Å². The van der Waals surface area contributed by atoms with E-state index in [1.54, 1.807) is 0 Å². The molecule has 138 valence electrons. The number of benzene rings is 3. The van der Waals surface area contributed by atoms with Crippen LogP contribution in [-0.4, -0.2) is 0 Å². The monoisotopic (exact) mass is 371 g/mol. The Balaban J connectivity index is 1.69. The molecule has 0 amide bonds. The van der Waals surface area contributed by atoms with Crippen LogP contribution in [0.1, 0.15) is 12.5 Å². The minimum atomic E-state index is 1.04. The van der Waals surface area contributed by atoms with Gasteiger partial charge >= 0.3 is 0 Å². The van der Waals surface area contributed by atoms with Crippen LogP contribution in [0.3, 0.4) is 0 Å². The van der Waals surface area contributed by atoms with Crippen LogP contribution in [0.15, 0.2) is 121 Å². The van der Waals surface area contributed by atoms with E-state index >= 15 is 0 Å². The second-order valence-electron chi connectivity index (χ2n) is 6.62. The van der Waals surface area contributed by atoms with Crippen LogP contribution in [0.4, 0.5) is 11.4 Å². The van der Waals surface area contributed by atoms with E-state index in [0.717, 1.165) is 22.6 Å². The van der Waals surface area contributed by atoms with E-state index in [1.165, 1.54) is 11.1 Å². The van der Waals surface area contributed by atoms with Crippen molar-refractivity contribution in [1.29, 1.82) is 0 Å². The zero-order valence-electron chi connectivity index (χ0n) is 16.3. The molecule has 0 heterocycles. The zero-order chi connectivity index (χ0) is 19.9. The lowest BCUT2D eigenvalue weighted by atomic mass is 10.0. The number of allylic oxidation sites excluding steroid dienone is 4. The molecule has 1 nitrogen and oxygen atoms in total. The minimum absolute atomic E-state index is 1.04. The zero-order valence-corrected chi connectivity index (χ0v) is 16.3. The smallest absolute Gasteiger partial charge is 0.0467 e. The van der Waals surface area contributed by atoms with E-state index in [9.17, 15) is 0 Å². The molecule has 1 heteroatoms. The van der Waals surface area contributed by atoms with Gasteiger partial charge in [-0.25, -0.2) is 0 Å². The molecule has 0 fully saturated rings. The first-order valence-corrected chi connectivity index (χ1v) is 9.63. The maximum absolute atomic E-state index is 3.13. The molecule has 0 aromatic heterocycles. The molecule has 0 saturated carbocycles. The van der Waals surface area contributed by atoms with Gasteiger partial charge in [0.05, 0.1) is 0 Å². The second kappa shape index (κ2) is 8.81. The number of hydrogen-bond donors (Lipinski definition) is 0. The summed E-state index contributed by atoms with van der Waals surface area (Å²) in [5, 5.41) is 0. The lowest BCUT2D eigenvalue weighted by Crippen LogP contribution is -2.14. The summed E-state index contributed by atoms with van der Waals surface area (Å²) in [5.41, 5.74) is 9.86. The van der Waals surface area contributed by atoms with Gasteiger partial charge in [0.25, 0.3) is 0 Å². The van der Waals surface area contributed by atoms with E-state index in [2.05, 4.69) is 107 Å². The Kier molecular flexibility index (Phi) is 5.58. The number of rotatable bonds is 4. The largest absolute Gasteiger partial charge is 0.310 e. The molecule has 0 aliphatic heterocycles.